The summed E-state index contributed by atoms with van der Waals surface area (Å²) in [5.41, 5.74) is 5.96. The summed E-state index contributed by atoms with van der Waals surface area (Å²) in [4.78, 5) is 28.7. The van der Waals surface area contributed by atoms with Crippen LogP contribution >= 0.6 is 0 Å². The fourth-order valence-corrected chi connectivity index (χ4v) is 3.09. The highest BCUT2D eigenvalue weighted by Crippen LogP contribution is 2.21. The van der Waals surface area contributed by atoms with Crippen LogP contribution in [0.2, 0.25) is 0 Å². The average Bonchev–Trinajstić information content (AvgIpc) is 2.54. The second-order valence-electron chi connectivity index (χ2n) is 5.88. The number of hydrogen-bond acceptors (Lipinski definition) is 4. The Balaban J connectivity index is 2.03. The van der Waals surface area contributed by atoms with Crippen molar-refractivity contribution in [3.05, 3.63) is 0 Å². The lowest BCUT2D eigenvalue weighted by atomic mass is 9.98. The number of nitrogens with two attached hydrogens (primary N) is 1. The zero-order valence-electron chi connectivity index (χ0n) is 12.9. The van der Waals surface area contributed by atoms with E-state index in [2.05, 4.69) is 0 Å². The fourth-order valence-electron chi connectivity index (χ4n) is 3.09. The molecule has 6 heteroatoms. The van der Waals surface area contributed by atoms with Crippen LogP contribution in [0.25, 0.3) is 0 Å². The molecule has 120 valence electrons. The van der Waals surface area contributed by atoms with Crippen molar-refractivity contribution >= 4 is 11.8 Å². The molecule has 0 bridgehead atoms. The number of hydrogen-bond donors (Lipinski definition) is 1. The number of nitrogens with zero attached hydrogens (tertiary/aromatic N) is 2. The maximum absolute atomic E-state index is 12.7. The third kappa shape index (κ3) is 3.95. The lowest BCUT2D eigenvalue weighted by Gasteiger charge is -2.39. The zero-order valence-corrected chi connectivity index (χ0v) is 12.9. The minimum atomic E-state index is -0.479. The third-order valence-corrected chi connectivity index (χ3v) is 4.31. The number of morpholine rings is 1. The van der Waals surface area contributed by atoms with Crippen molar-refractivity contribution in [1.82, 2.24) is 9.80 Å². The van der Waals surface area contributed by atoms with E-state index >= 15 is 0 Å². The molecule has 21 heavy (non-hydrogen) atoms. The van der Waals surface area contributed by atoms with E-state index in [1.54, 1.807) is 4.90 Å². The van der Waals surface area contributed by atoms with Crippen molar-refractivity contribution in [2.24, 2.45) is 5.73 Å². The number of amides is 2. The van der Waals surface area contributed by atoms with Gasteiger partial charge in [-0.15, -0.1) is 0 Å². The fraction of sp³-hybridized carbons (Fsp3) is 0.867. The van der Waals surface area contributed by atoms with Gasteiger partial charge in [0.1, 0.15) is 6.04 Å². The van der Waals surface area contributed by atoms with Crippen LogP contribution in [-0.4, -0.2) is 66.5 Å². The molecule has 2 atom stereocenters. The van der Waals surface area contributed by atoms with Gasteiger partial charge in [-0.2, -0.15) is 0 Å². The van der Waals surface area contributed by atoms with Gasteiger partial charge in [0.25, 0.3) is 0 Å². The number of likely N-dealkylation sites (tertiary alicyclic amines) is 1. The molecule has 0 aliphatic carbocycles. The molecule has 0 saturated carbocycles. The molecule has 2 N–H and O–H groups in total. The second-order valence-corrected chi connectivity index (χ2v) is 5.88. The standard InChI is InChI=1S/C15H27N3O3/c1-2-5-12(16)14(19)18-7-4-3-6-13(18)15(20)17-8-10-21-11-9-17/h12-13H,2-11,16H2,1H3. The van der Waals surface area contributed by atoms with E-state index < -0.39 is 6.04 Å². The normalized spacial score (nSPS) is 24.8. The molecule has 0 aromatic carbocycles. The van der Waals surface area contributed by atoms with Crippen LogP contribution in [0.1, 0.15) is 39.0 Å². The Morgan fingerprint density at radius 3 is 2.62 bits per heavy atom. The molecule has 6 nitrogen and oxygen atoms in total. The van der Waals surface area contributed by atoms with Gasteiger partial charge in [0, 0.05) is 19.6 Å². The summed E-state index contributed by atoms with van der Waals surface area (Å²) in [7, 11) is 0. The molecule has 2 aliphatic rings. The molecule has 2 fully saturated rings. The van der Waals surface area contributed by atoms with E-state index in [0.29, 0.717) is 39.3 Å². The molecule has 2 rings (SSSR count). The van der Waals surface area contributed by atoms with Crippen LogP contribution in [-0.2, 0) is 14.3 Å². The van der Waals surface area contributed by atoms with Crippen LogP contribution in [0.4, 0.5) is 0 Å². The summed E-state index contributed by atoms with van der Waals surface area (Å²) in [5.74, 6) is -0.00166. The highest BCUT2D eigenvalue weighted by atomic mass is 16.5. The van der Waals surface area contributed by atoms with E-state index in [1.165, 1.54) is 0 Å². The average molecular weight is 297 g/mol. The Kier molecular flexibility index (Phi) is 5.99. The second kappa shape index (κ2) is 7.75. The Bertz CT molecular complexity index is 369. The Labute approximate surface area is 126 Å². The first kappa shape index (κ1) is 16.2. The number of carbonyl (C=O) groups excluding carboxylic acids is 2. The molecule has 2 amide bonds. The first-order valence-corrected chi connectivity index (χ1v) is 8.07. The minimum Gasteiger partial charge on any atom is -0.378 e. The molecular weight excluding hydrogens is 270 g/mol. The van der Waals surface area contributed by atoms with Crippen molar-refractivity contribution in [2.45, 2.75) is 51.1 Å². The van der Waals surface area contributed by atoms with Crippen molar-refractivity contribution < 1.29 is 14.3 Å². The van der Waals surface area contributed by atoms with Gasteiger partial charge in [-0.3, -0.25) is 9.59 Å². The van der Waals surface area contributed by atoms with Crippen molar-refractivity contribution in [2.75, 3.05) is 32.8 Å². The van der Waals surface area contributed by atoms with E-state index in [4.69, 9.17) is 10.5 Å². The SMILES string of the molecule is CCCC(N)C(=O)N1CCCCC1C(=O)N1CCOCC1. The van der Waals surface area contributed by atoms with Gasteiger partial charge in [0.15, 0.2) is 0 Å². The number of ether oxygens (including phenoxy) is 1. The first-order valence-electron chi connectivity index (χ1n) is 8.07. The zero-order chi connectivity index (χ0) is 15.2. The van der Waals surface area contributed by atoms with Crippen molar-refractivity contribution in [3.63, 3.8) is 0 Å². The molecular formula is C15H27N3O3. The molecule has 0 spiro atoms. The maximum Gasteiger partial charge on any atom is 0.245 e. The topological polar surface area (TPSA) is 75.9 Å². The predicted octanol–water partition coefficient (Wildman–Crippen LogP) is 0.354. The quantitative estimate of drug-likeness (QED) is 0.812. The molecule has 0 radical (unpaired) electrons. The first-order chi connectivity index (χ1) is 10.1. The lowest BCUT2D eigenvalue weighted by molar-refractivity contribution is -0.150. The molecule has 2 aliphatic heterocycles. The van der Waals surface area contributed by atoms with Crippen LogP contribution in [0, 0.1) is 0 Å². The predicted molar refractivity (Wildman–Crippen MR) is 79.6 cm³/mol. The summed E-state index contributed by atoms with van der Waals surface area (Å²) in [6.45, 7) is 5.08. The molecule has 2 heterocycles. The van der Waals surface area contributed by atoms with Gasteiger partial charge in [0.2, 0.25) is 11.8 Å². The van der Waals surface area contributed by atoms with Crippen LogP contribution in [0.5, 0.6) is 0 Å². The number of rotatable bonds is 4. The summed E-state index contributed by atoms with van der Waals surface area (Å²) in [6, 6.07) is -0.805. The summed E-state index contributed by atoms with van der Waals surface area (Å²) < 4.78 is 5.29. The molecule has 0 aromatic rings. The third-order valence-electron chi connectivity index (χ3n) is 4.31. The summed E-state index contributed by atoms with van der Waals surface area (Å²) in [5, 5.41) is 0. The van der Waals surface area contributed by atoms with Gasteiger partial charge in [-0.25, -0.2) is 0 Å². The molecule has 2 unspecified atom stereocenters. The highest BCUT2D eigenvalue weighted by Gasteiger charge is 2.36. The van der Waals surface area contributed by atoms with Gasteiger partial charge < -0.3 is 20.3 Å². The molecule has 2 saturated heterocycles. The van der Waals surface area contributed by atoms with Gasteiger partial charge in [0.05, 0.1) is 19.3 Å². The number of carbonyl (C=O) groups is 2. The van der Waals surface area contributed by atoms with E-state index in [0.717, 1.165) is 25.7 Å². The van der Waals surface area contributed by atoms with Crippen molar-refractivity contribution in [1.29, 1.82) is 0 Å². The van der Waals surface area contributed by atoms with E-state index in [-0.39, 0.29) is 17.9 Å². The van der Waals surface area contributed by atoms with Gasteiger partial charge in [-0.1, -0.05) is 13.3 Å². The molecule has 0 aromatic heterocycles. The largest absolute Gasteiger partial charge is 0.378 e. The summed E-state index contributed by atoms with van der Waals surface area (Å²) >= 11 is 0. The van der Waals surface area contributed by atoms with Crippen molar-refractivity contribution in [3.8, 4) is 0 Å². The van der Waals surface area contributed by atoms with Crippen LogP contribution < -0.4 is 5.73 Å². The Morgan fingerprint density at radius 2 is 1.95 bits per heavy atom. The lowest BCUT2D eigenvalue weighted by Crippen LogP contribution is -2.57. The minimum absolute atomic E-state index is 0.0649. The Hall–Kier alpha value is -1.14. The van der Waals surface area contributed by atoms with E-state index in [1.807, 2.05) is 11.8 Å². The highest BCUT2D eigenvalue weighted by molar-refractivity contribution is 5.90. The smallest absolute Gasteiger partial charge is 0.245 e. The summed E-state index contributed by atoms with van der Waals surface area (Å²) in [6.07, 6.45) is 4.25. The van der Waals surface area contributed by atoms with Gasteiger partial charge >= 0.3 is 0 Å². The van der Waals surface area contributed by atoms with E-state index in [9.17, 15) is 9.59 Å². The monoisotopic (exact) mass is 297 g/mol. The maximum atomic E-state index is 12.7. The number of piperidine rings is 1. The van der Waals surface area contributed by atoms with Crippen LogP contribution in [0.3, 0.4) is 0 Å². The Morgan fingerprint density at radius 1 is 1.24 bits per heavy atom. The van der Waals surface area contributed by atoms with Crippen LogP contribution in [0.15, 0.2) is 0 Å². The van der Waals surface area contributed by atoms with Gasteiger partial charge in [-0.05, 0) is 25.7 Å².